The van der Waals surface area contributed by atoms with Crippen molar-refractivity contribution in [2.45, 2.75) is 19.4 Å². The fraction of sp³-hybridized carbons (Fsp3) is 0.300. The Hall–Kier alpha value is -2.45. The van der Waals surface area contributed by atoms with Crippen molar-refractivity contribution in [1.29, 1.82) is 0 Å². The summed E-state index contributed by atoms with van der Waals surface area (Å²) in [5, 5.41) is 21.6. The molecule has 7 nitrogen and oxygen atoms in total. The van der Waals surface area contributed by atoms with Crippen LogP contribution < -0.4 is 10.5 Å². The summed E-state index contributed by atoms with van der Waals surface area (Å²) in [6.07, 6.45) is -0.742. The fourth-order valence-electron chi connectivity index (χ4n) is 1.32. The van der Waals surface area contributed by atoms with E-state index in [2.05, 4.69) is 5.16 Å². The minimum atomic E-state index is -1.24. The zero-order valence-electron chi connectivity index (χ0n) is 9.84. The van der Waals surface area contributed by atoms with Crippen molar-refractivity contribution in [2.75, 3.05) is 0 Å². The van der Waals surface area contributed by atoms with Gasteiger partial charge in [0.25, 0.3) is 0 Å². The van der Waals surface area contributed by atoms with Gasteiger partial charge in [-0.3, -0.25) is 10.1 Å². The van der Waals surface area contributed by atoms with Crippen LogP contribution in [0, 0.1) is 21.7 Å². The van der Waals surface area contributed by atoms with Crippen LogP contribution in [0.5, 0.6) is 5.75 Å². The van der Waals surface area contributed by atoms with Crippen LogP contribution in [0.2, 0.25) is 0 Å². The van der Waals surface area contributed by atoms with Crippen LogP contribution in [0.4, 0.5) is 14.5 Å². The number of hydrogen-bond acceptors (Lipinski definition) is 5. The highest BCUT2D eigenvalue weighted by Crippen LogP contribution is 2.27. The van der Waals surface area contributed by atoms with Crippen LogP contribution in [0.3, 0.4) is 0 Å². The number of hydrogen-bond donors (Lipinski definition) is 2. The number of rotatable bonds is 5. The van der Waals surface area contributed by atoms with Gasteiger partial charge in [0, 0.05) is 6.07 Å². The second kappa shape index (κ2) is 5.94. The van der Waals surface area contributed by atoms with E-state index in [0.717, 1.165) is 0 Å². The molecule has 0 aliphatic carbocycles. The van der Waals surface area contributed by atoms with Gasteiger partial charge in [-0.2, -0.15) is 4.39 Å². The van der Waals surface area contributed by atoms with E-state index in [4.69, 9.17) is 15.7 Å². The minimum Gasteiger partial charge on any atom is -0.479 e. The summed E-state index contributed by atoms with van der Waals surface area (Å²) in [5.74, 6) is -3.23. The summed E-state index contributed by atoms with van der Waals surface area (Å²) in [7, 11) is 0. The number of nitrogens with two attached hydrogens (primary N) is 1. The van der Waals surface area contributed by atoms with Crippen molar-refractivity contribution in [3.63, 3.8) is 0 Å². The van der Waals surface area contributed by atoms with Crippen molar-refractivity contribution in [3.8, 4) is 5.75 Å². The summed E-state index contributed by atoms with van der Waals surface area (Å²) < 4.78 is 31.8. The van der Waals surface area contributed by atoms with Gasteiger partial charge in [-0.05, 0) is 6.42 Å². The first kappa shape index (κ1) is 14.6. The molecule has 1 unspecified atom stereocenters. The molecule has 9 heteroatoms. The van der Waals surface area contributed by atoms with Gasteiger partial charge in [0.05, 0.1) is 11.0 Å². The average Bonchev–Trinajstić information content (AvgIpc) is 2.37. The number of ether oxygens (including phenoxy) is 1. The standard InChI is InChI=1S/C10H11F2N3O4/c1-2-8(10(13)14-16)19-9-4-5(11)7(15(17)18)3-6(9)12/h3-4,8,16H,2H2,1H3,(H2,13,14). The van der Waals surface area contributed by atoms with Crippen molar-refractivity contribution in [2.24, 2.45) is 10.9 Å². The zero-order valence-corrected chi connectivity index (χ0v) is 9.84. The number of halogens is 2. The Labute approximate surface area is 106 Å². The highest BCUT2D eigenvalue weighted by atomic mass is 19.1. The Bertz CT molecular complexity index is 522. The number of nitrogens with zero attached hydrogens (tertiary/aromatic N) is 2. The molecule has 0 amide bonds. The molecule has 1 aromatic carbocycles. The third kappa shape index (κ3) is 3.27. The van der Waals surface area contributed by atoms with Crippen LogP contribution >= 0.6 is 0 Å². The Morgan fingerprint density at radius 1 is 1.58 bits per heavy atom. The molecule has 0 bridgehead atoms. The van der Waals surface area contributed by atoms with Crippen molar-refractivity contribution in [3.05, 3.63) is 33.9 Å². The van der Waals surface area contributed by atoms with Gasteiger partial charge < -0.3 is 15.7 Å². The SMILES string of the molecule is CCC(Oc1cc(F)c([N+](=O)[O-])cc1F)C(N)=NO. The normalized spacial score (nSPS) is 13.1. The van der Waals surface area contributed by atoms with E-state index in [9.17, 15) is 18.9 Å². The van der Waals surface area contributed by atoms with Gasteiger partial charge in [-0.15, -0.1) is 0 Å². The molecule has 0 fully saturated rings. The summed E-state index contributed by atoms with van der Waals surface area (Å²) in [6, 6.07) is 0.949. The molecular formula is C10H11F2N3O4. The lowest BCUT2D eigenvalue weighted by Gasteiger charge is -2.16. The Morgan fingerprint density at radius 2 is 2.21 bits per heavy atom. The van der Waals surface area contributed by atoms with Crippen LogP contribution in [0.1, 0.15) is 13.3 Å². The second-order valence-corrected chi connectivity index (χ2v) is 3.53. The molecular weight excluding hydrogens is 264 g/mol. The number of oxime groups is 1. The zero-order chi connectivity index (χ0) is 14.6. The lowest BCUT2D eigenvalue weighted by molar-refractivity contribution is -0.387. The first-order valence-corrected chi connectivity index (χ1v) is 5.18. The second-order valence-electron chi connectivity index (χ2n) is 3.53. The van der Waals surface area contributed by atoms with Crippen LogP contribution in [0.15, 0.2) is 17.3 Å². The molecule has 1 aromatic rings. The highest BCUT2D eigenvalue weighted by molar-refractivity contribution is 5.84. The molecule has 0 aliphatic rings. The Balaban J connectivity index is 3.09. The van der Waals surface area contributed by atoms with Crippen molar-refractivity contribution >= 4 is 11.5 Å². The summed E-state index contributed by atoms with van der Waals surface area (Å²) in [4.78, 5) is 9.35. The lowest BCUT2D eigenvalue weighted by Crippen LogP contribution is -2.33. The van der Waals surface area contributed by atoms with E-state index >= 15 is 0 Å². The van der Waals surface area contributed by atoms with Gasteiger partial charge in [-0.25, -0.2) is 4.39 Å². The maximum absolute atomic E-state index is 13.5. The summed E-state index contributed by atoms with van der Waals surface area (Å²) in [6.45, 7) is 1.61. The van der Waals surface area contributed by atoms with E-state index in [1.807, 2.05) is 0 Å². The van der Waals surface area contributed by atoms with Crippen LogP contribution in [-0.2, 0) is 0 Å². The number of nitro benzene ring substituents is 1. The number of nitro groups is 1. The van der Waals surface area contributed by atoms with Gasteiger partial charge in [-0.1, -0.05) is 12.1 Å². The molecule has 0 aromatic heterocycles. The maximum Gasteiger partial charge on any atom is 0.307 e. The molecule has 0 saturated carbocycles. The number of amidine groups is 1. The predicted molar refractivity (Wildman–Crippen MR) is 61.1 cm³/mol. The quantitative estimate of drug-likeness (QED) is 0.280. The average molecular weight is 275 g/mol. The Morgan fingerprint density at radius 3 is 2.68 bits per heavy atom. The predicted octanol–water partition coefficient (Wildman–Crippen LogP) is 1.78. The van der Waals surface area contributed by atoms with Gasteiger partial charge in [0.15, 0.2) is 23.5 Å². The van der Waals surface area contributed by atoms with Crippen LogP contribution in [0.25, 0.3) is 0 Å². The molecule has 0 spiro atoms. The van der Waals surface area contributed by atoms with E-state index in [0.29, 0.717) is 12.1 Å². The topological polar surface area (TPSA) is 111 Å². The van der Waals surface area contributed by atoms with Gasteiger partial charge in [0.2, 0.25) is 5.82 Å². The molecule has 0 saturated heterocycles. The monoisotopic (exact) mass is 275 g/mol. The largest absolute Gasteiger partial charge is 0.479 e. The Kier molecular flexibility index (Phi) is 4.56. The molecule has 0 heterocycles. The first-order valence-electron chi connectivity index (χ1n) is 5.18. The van der Waals surface area contributed by atoms with Gasteiger partial charge in [0.1, 0.15) is 0 Å². The van der Waals surface area contributed by atoms with E-state index in [1.54, 1.807) is 6.92 Å². The van der Waals surface area contributed by atoms with Gasteiger partial charge >= 0.3 is 5.69 Å². The van der Waals surface area contributed by atoms with Crippen LogP contribution in [-0.4, -0.2) is 22.1 Å². The van der Waals surface area contributed by atoms with Crippen molar-refractivity contribution < 1.29 is 23.6 Å². The number of benzene rings is 1. The third-order valence-corrected chi connectivity index (χ3v) is 2.28. The molecule has 1 rings (SSSR count). The summed E-state index contributed by atoms with van der Waals surface area (Å²) in [5.41, 5.74) is 4.29. The summed E-state index contributed by atoms with van der Waals surface area (Å²) >= 11 is 0. The van der Waals surface area contributed by atoms with E-state index in [1.165, 1.54) is 0 Å². The lowest BCUT2D eigenvalue weighted by atomic mass is 10.2. The van der Waals surface area contributed by atoms with Crippen molar-refractivity contribution in [1.82, 2.24) is 0 Å². The minimum absolute atomic E-state index is 0.230. The smallest absolute Gasteiger partial charge is 0.307 e. The van der Waals surface area contributed by atoms with E-state index < -0.39 is 34.1 Å². The van der Waals surface area contributed by atoms with E-state index in [-0.39, 0.29) is 12.3 Å². The molecule has 0 radical (unpaired) electrons. The maximum atomic E-state index is 13.5. The molecule has 1 atom stereocenters. The fourth-order valence-corrected chi connectivity index (χ4v) is 1.32. The first-order chi connectivity index (χ1) is 8.90. The molecule has 19 heavy (non-hydrogen) atoms. The molecule has 104 valence electrons. The molecule has 0 aliphatic heterocycles. The molecule has 3 N–H and O–H groups in total. The third-order valence-electron chi connectivity index (χ3n) is 2.28. The highest BCUT2D eigenvalue weighted by Gasteiger charge is 2.22.